The molecule has 1 atom stereocenters. The molecule has 0 aliphatic carbocycles. The van der Waals surface area contributed by atoms with Crippen LogP contribution in [0, 0.1) is 24.6 Å². The zero-order chi connectivity index (χ0) is 20.2. The number of halogens is 1. The summed E-state index contributed by atoms with van der Waals surface area (Å²) in [6.45, 7) is 3.51. The Morgan fingerprint density at radius 3 is 2.83 bits per heavy atom. The number of nitrogens with one attached hydrogen (secondary N) is 1. The van der Waals surface area contributed by atoms with Crippen molar-refractivity contribution in [2.75, 3.05) is 26.9 Å². The van der Waals surface area contributed by atoms with Crippen LogP contribution in [0.1, 0.15) is 28.6 Å². The fourth-order valence-corrected chi connectivity index (χ4v) is 2.97. The number of nitrogens with zero attached hydrogens (tertiary/aromatic N) is 3. The molecule has 1 aliphatic heterocycles. The van der Waals surface area contributed by atoms with Gasteiger partial charge >= 0.3 is 0 Å². The highest BCUT2D eigenvalue weighted by Gasteiger charge is 2.24. The van der Waals surface area contributed by atoms with Crippen molar-refractivity contribution in [1.29, 1.82) is 0 Å². The Labute approximate surface area is 168 Å². The first-order valence-corrected chi connectivity index (χ1v) is 9.34. The summed E-state index contributed by atoms with van der Waals surface area (Å²) < 4.78 is 26.7. The number of hydrogen-bond donors (Lipinski definition) is 1. The van der Waals surface area contributed by atoms with Crippen LogP contribution in [0.5, 0.6) is 5.88 Å². The minimum Gasteiger partial charge on any atom is -0.473 e. The van der Waals surface area contributed by atoms with Crippen LogP contribution < -0.4 is 10.1 Å². The predicted octanol–water partition coefficient (Wildman–Crippen LogP) is 2.78. The second kappa shape index (κ2) is 8.43. The average molecular weight is 392 g/mol. The van der Waals surface area contributed by atoms with Crippen molar-refractivity contribution in [3.05, 3.63) is 70.9 Å². The Balaban J connectivity index is 1.74. The summed E-state index contributed by atoms with van der Waals surface area (Å²) in [5.74, 6) is 6.24. The summed E-state index contributed by atoms with van der Waals surface area (Å²) in [5.41, 5.74) is 3.59. The first kappa shape index (κ1) is 19.1. The lowest BCUT2D eigenvalue weighted by Crippen LogP contribution is -2.06. The number of benzene rings is 1. The van der Waals surface area contributed by atoms with Crippen LogP contribution in [0.15, 0.2) is 42.6 Å². The first-order valence-electron chi connectivity index (χ1n) is 9.34. The second-order valence-corrected chi connectivity index (χ2v) is 6.69. The van der Waals surface area contributed by atoms with E-state index in [4.69, 9.17) is 9.47 Å². The summed E-state index contributed by atoms with van der Waals surface area (Å²) in [6, 6.07) is 10.7. The van der Waals surface area contributed by atoms with E-state index in [1.54, 1.807) is 24.1 Å². The number of hydrogen-bond acceptors (Lipinski definition) is 5. The number of aromatic nitrogens is 3. The SMILES string of the molecule is COCCOc1nn(-c2cc(F)cc(C3CN3)c2)c(C)c1C#Cc1ccccn1. The maximum Gasteiger partial charge on any atom is 0.249 e. The van der Waals surface area contributed by atoms with Crippen LogP contribution in [0.4, 0.5) is 4.39 Å². The van der Waals surface area contributed by atoms with E-state index in [1.165, 1.54) is 6.07 Å². The molecule has 148 valence electrons. The van der Waals surface area contributed by atoms with Crippen molar-refractivity contribution in [3.8, 4) is 23.4 Å². The summed E-state index contributed by atoms with van der Waals surface area (Å²) in [6.07, 6.45) is 1.69. The van der Waals surface area contributed by atoms with E-state index in [0.29, 0.717) is 36.0 Å². The number of rotatable bonds is 6. The third-order valence-electron chi connectivity index (χ3n) is 4.55. The van der Waals surface area contributed by atoms with Gasteiger partial charge < -0.3 is 14.8 Å². The van der Waals surface area contributed by atoms with E-state index in [9.17, 15) is 4.39 Å². The molecule has 0 saturated carbocycles. The van der Waals surface area contributed by atoms with Gasteiger partial charge in [-0.05, 0) is 48.7 Å². The molecular formula is C22H21FN4O2. The van der Waals surface area contributed by atoms with Crippen LogP contribution in [-0.4, -0.2) is 41.6 Å². The van der Waals surface area contributed by atoms with Crippen molar-refractivity contribution < 1.29 is 13.9 Å². The Bertz CT molecular complexity index is 1070. The molecule has 1 aliphatic rings. The van der Waals surface area contributed by atoms with Gasteiger partial charge in [0.1, 0.15) is 23.7 Å². The van der Waals surface area contributed by atoms with Crippen LogP contribution in [0.2, 0.25) is 0 Å². The quantitative estimate of drug-likeness (QED) is 0.397. The molecule has 0 amide bonds. The van der Waals surface area contributed by atoms with Gasteiger partial charge in [0.25, 0.3) is 0 Å². The van der Waals surface area contributed by atoms with Crippen LogP contribution in [0.25, 0.3) is 5.69 Å². The number of pyridine rings is 1. The smallest absolute Gasteiger partial charge is 0.249 e. The molecule has 3 aromatic rings. The van der Waals surface area contributed by atoms with Gasteiger partial charge in [0.15, 0.2) is 0 Å². The first-order chi connectivity index (χ1) is 14.2. The normalized spacial score (nSPS) is 14.9. The molecule has 0 radical (unpaired) electrons. The van der Waals surface area contributed by atoms with Crippen molar-refractivity contribution in [1.82, 2.24) is 20.1 Å². The lowest BCUT2D eigenvalue weighted by Gasteiger charge is -2.07. The molecule has 2 aromatic heterocycles. The lowest BCUT2D eigenvalue weighted by atomic mass is 10.1. The van der Waals surface area contributed by atoms with Crippen LogP contribution in [-0.2, 0) is 4.74 Å². The highest BCUT2D eigenvalue weighted by atomic mass is 19.1. The summed E-state index contributed by atoms with van der Waals surface area (Å²) >= 11 is 0. The molecule has 1 N–H and O–H groups in total. The number of methoxy groups -OCH3 is 1. The van der Waals surface area contributed by atoms with Gasteiger partial charge in [-0.2, -0.15) is 0 Å². The Kier molecular flexibility index (Phi) is 5.56. The van der Waals surface area contributed by atoms with Crippen molar-refractivity contribution >= 4 is 0 Å². The Hall–Kier alpha value is -3.21. The van der Waals surface area contributed by atoms with E-state index >= 15 is 0 Å². The number of ether oxygens (including phenoxy) is 2. The topological polar surface area (TPSA) is 71.1 Å². The van der Waals surface area contributed by atoms with Crippen LogP contribution in [0.3, 0.4) is 0 Å². The fraction of sp³-hybridized carbons (Fsp3) is 0.273. The van der Waals surface area contributed by atoms with Gasteiger partial charge in [0.2, 0.25) is 5.88 Å². The highest BCUT2D eigenvalue weighted by molar-refractivity contribution is 5.51. The third kappa shape index (κ3) is 4.45. The fourth-order valence-electron chi connectivity index (χ4n) is 2.97. The van der Waals surface area contributed by atoms with Gasteiger partial charge in [-0.3, -0.25) is 0 Å². The zero-order valence-electron chi connectivity index (χ0n) is 16.3. The summed E-state index contributed by atoms with van der Waals surface area (Å²) in [5, 5.41) is 7.75. The minimum absolute atomic E-state index is 0.196. The van der Waals surface area contributed by atoms with Gasteiger partial charge in [-0.25, -0.2) is 14.1 Å². The zero-order valence-corrected chi connectivity index (χ0v) is 16.3. The molecule has 0 spiro atoms. The molecule has 0 bridgehead atoms. The molecule has 7 heteroatoms. The van der Waals surface area contributed by atoms with E-state index < -0.39 is 0 Å². The molecule has 6 nitrogen and oxygen atoms in total. The molecular weight excluding hydrogens is 371 g/mol. The predicted molar refractivity (Wildman–Crippen MR) is 107 cm³/mol. The maximum absolute atomic E-state index is 14.2. The van der Waals surface area contributed by atoms with Gasteiger partial charge in [0, 0.05) is 25.9 Å². The molecule has 1 saturated heterocycles. The van der Waals surface area contributed by atoms with E-state index in [1.807, 2.05) is 31.2 Å². The van der Waals surface area contributed by atoms with Crippen molar-refractivity contribution in [2.24, 2.45) is 0 Å². The van der Waals surface area contributed by atoms with Gasteiger partial charge in [-0.15, -0.1) is 5.10 Å². The highest BCUT2D eigenvalue weighted by Crippen LogP contribution is 2.28. The summed E-state index contributed by atoms with van der Waals surface area (Å²) in [4.78, 5) is 4.22. The summed E-state index contributed by atoms with van der Waals surface area (Å²) in [7, 11) is 1.61. The van der Waals surface area contributed by atoms with E-state index in [0.717, 1.165) is 17.8 Å². The minimum atomic E-state index is -0.302. The van der Waals surface area contributed by atoms with Crippen molar-refractivity contribution in [3.63, 3.8) is 0 Å². The monoisotopic (exact) mass is 392 g/mol. The average Bonchev–Trinajstić information content (AvgIpc) is 3.52. The molecule has 4 rings (SSSR count). The lowest BCUT2D eigenvalue weighted by molar-refractivity contribution is 0.143. The standard InChI is InChI=1S/C22H21FN4O2/c1-15-20(7-6-18-5-3-4-8-24-18)22(29-10-9-28-2)26-27(15)19-12-16(21-14-25-21)11-17(23)13-19/h3-5,8,11-13,21,25H,9-10,14H2,1-2H3. The van der Waals surface area contributed by atoms with E-state index in [-0.39, 0.29) is 11.9 Å². The van der Waals surface area contributed by atoms with Gasteiger partial charge in [-0.1, -0.05) is 12.0 Å². The molecule has 1 unspecified atom stereocenters. The third-order valence-corrected chi connectivity index (χ3v) is 4.55. The molecule has 29 heavy (non-hydrogen) atoms. The van der Waals surface area contributed by atoms with E-state index in [2.05, 4.69) is 27.2 Å². The molecule has 1 fully saturated rings. The maximum atomic E-state index is 14.2. The largest absolute Gasteiger partial charge is 0.473 e. The molecule has 1 aromatic carbocycles. The van der Waals surface area contributed by atoms with Gasteiger partial charge in [0.05, 0.1) is 18.0 Å². The second-order valence-electron chi connectivity index (χ2n) is 6.69. The Morgan fingerprint density at radius 2 is 2.10 bits per heavy atom. The molecule has 3 heterocycles. The Morgan fingerprint density at radius 1 is 1.24 bits per heavy atom. The van der Waals surface area contributed by atoms with Crippen molar-refractivity contribution in [2.45, 2.75) is 13.0 Å². The van der Waals surface area contributed by atoms with Crippen LogP contribution >= 0.6 is 0 Å².